The van der Waals surface area contributed by atoms with Crippen LogP contribution in [-0.2, 0) is 13.1 Å². The molecule has 0 radical (unpaired) electrons. The van der Waals surface area contributed by atoms with Crippen molar-refractivity contribution >= 4 is 23.2 Å². The first-order chi connectivity index (χ1) is 10.5. The molecule has 4 nitrogen and oxygen atoms in total. The van der Waals surface area contributed by atoms with Gasteiger partial charge in [0.2, 0.25) is 0 Å². The van der Waals surface area contributed by atoms with Gasteiger partial charge < -0.3 is 9.80 Å². The molecule has 2 heterocycles. The molecular formula is C16H20Cl2N4. The van der Waals surface area contributed by atoms with E-state index < -0.39 is 0 Å². The van der Waals surface area contributed by atoms with Gasteiger partial charge in [0.1, 0.15) is 10.3 Å². The van der Waals surface area contributed by atoms with Crippen molar-refractivity contribution < 1.29 is 0 Å². The van der Waals surface area contributed by atoms with Crippen molar-refractivity contribution in [2.24, 2.45) is 0 Å². The number of pyridine rings is 2. The van der Waals surface area contributed by atoms with Crippen LogP contribution in [-0.4, -0.2) is 47.0 Å². The zero-order valence-electron chi connectivity index (χ0n) is 12.8. The molecule has 0 spiro atoms. The molecule has 0 aliphatic heterocycles. The number of hydrogen-bond acceptors (Lipinski definition) is 4. The van der Waals surface area contributed by atoms with Crippen molar-refractivity contribution in [3.63, 3.8) is 0 Å². The van der Waals surface area contributed by atoms with E-state index in [0.29, 0.717) is 10.3 Å². The molecule has 0 bridgehead atoms. The van der Waals surface area contributed by atoms with Crippen molar-refractivity contribution in [3.05, 3.63) is 58.1 Å². The predicted octanol–water partition coefficient (Wildman–Crippen LogP) is 3.35. The number of rotatable bonds is 7. The van der Waals surface area contributed by atoms with Gasteiger partial charge in [-0.15, -0.1) is 0 Å². The number of likely N-dealkylation sites (N-methyl/N-ethyl adjacent to an activating group) is 2. The third-order valence-corrected chi connectivity index (χ3v) is 3.79. The monoisotopic (exact) mass is 338 g/mol. The topological polar surface area (TPSA) is 32.3 Å². The van der Waals surface area contributed by atoms with Gasteiger partial charge in [0.15, 0.2) is 0 Å². The molecule has 0 saturated heterocycles. The second-order valence-corrected chi connectivity index (χ2v) is 6.23. The Hall–Kier alpha value is -1.20. The highest BCUT2D eigenvalue weighted by Gasteiger charge is 2.05. The molecule has 2 aromatic rings. The Bertz CT molecular complexity index is 518. The van der Waals surface area contributed by atoms with Crippen molar-refractivity contribution in [1.29, 1.82) is 0 Å². The third kappa shape index (κ3) is 5.89. The summed E-state index contributed by atoms with van der Waals surface area (Å²) in [6.07, 6.45) is 3.64. The minimum absolute atomic E-state index is 0.530. The predicted molar refractivity (Wildman–Crippen MR) is 91.2 cm³/mol. The standard InChI is InChI=1S/C16H20Cl2N4/c1-21(11-13-3-5-15(17)19-9-13)7-8-22(2)12-14-4-6-16(18)20-10-14/h3-6,9-10H,7-8,11-12H2,1-2H3. The SMILES string of the molecule is CN(CCN(C)Cc1ccc(Cl)nc1)Cc1ccc(Cl)nc1. The highest BCUT2D eigenvalue weighted by molar-refractivity contribution is 6.29. The normalized spacial score (nSPS) is 11.4. The van der Waals surface area contributed by atoms with E-state index in [1.165, 1.54) is 0 Å². The van der Waals surface area contributed by atoms with Gasteiger partial charge in [0.05, 0.1) is 0 Å². The van der Waals surface area contributed by atoms with Crippen LogP contribution >= 0.6 is 23.2 Å². The van der Waals surface area contributed by atoms with Crippen LogP contribution in [0.1, 0.15) is 11.1 Å². The largest absolute Gasteiger partial charge is 0.301 e. The number of hydrogen-bond donors (Lipinski definition) is 0. The Labute approximate surface area is 141 Å². The van der Waals surface area contributed by atoms with Crippen molar-refractivity contribution in [3.8, 4) is 0 Å². The summed E-state index contributed by atoms with van der Waals surface area (Å²) in [6, 6.07) is 7.67. The molecule has 0 aliphatic carbocycles. The first-order valence-electron chi connectivity index (χ1n) is 7.11. The summed E-state index contributed by atoms with van der Waals surface area (Å²) < 4.78 is 0. The van der Waals surface area contributed by atoms with Crippen LogP contribution in [0.15, 0.2) is 36.7 Å². The molecule has 6 heteroatoms. The third-order valence-electron chi connectivity index (χ3n) is 3.35. The van der Waals surface area contributed by atoms with E-state index in [2.05, 4.69) is 33.9 Å². The van der Waals surface area contributed by atoms with Gasteiger partial charge in [-0.3, -0.25) is 0 Å². The number of nitrogens with zero attached hydrogens (tertiary/aromatic N) is 4. The van der Waals surface area contributed by atoms with Gasteiger partial charge in [-0.05, 0) is 37.4 Å². The van der Waals surface area contributed by atoms with E-state index >= 15 is 0 Å². The average molecular weight is 339 g/mol. The zero-order chi connectivity index (χ0) is 15.9. The van der Waals surface area contributed by atoms with Gasteiger partial charge in [0.25, 0.3) is 0 Å². The van der Waals surface area contributed by atoms with Crippen LogP contribution in [0.2, 0.25) is 10.3 Å². The fourth-order valence-corrected chi connectivity index (χ4v) is 2.35. The van der Waals surface area contributed by atoms with Gasteiger partial charge in [-0.2, -0.15) is 0 Å². The second-order valence-electron chi connectivity index (χ2n) is 5.45. The van der Waals surface area contributed by atoms with Crippen LogP contribution in [0, 0.1) is 0 Å². The quantitative estimate of drug-likeness (QED) is 0.724. The molecule has 0 amide bonds. The van der Waals surface area contributed by atoms with Crippen molar-refractivity contribution in [1.82, 2.24) is 19.8 Å². The van der Waals surface area contributed by atoms with E-state index in [4.69, 9.17) is 23.2 Å². The maximum Gasteiger partial charge on any atom is 0.129 e. The van der Waals surface area contributed by atoms with Gasteiger partial charge in [0, 0.05) is 38.6 Å². The lowest BCUT2D eigenvalue weighted by Gasteiger charge is -2.22. The molecular weight excluding hydrogens is 319 g/mol. The Morgan fingerprint density at radius 1 is 0.773 bits per heavy atom. The van der Waals surface area contributed by atoms with E-state index in [1.54, 1.807) is 0 Å². The van der Waals surface area contributed by atoms with Gasteiger partial charge >= 0.3 is 0 Å². The van der Waals surface area contributed by atoms with E-state index in [1.807, 2.05) is 36.7 Å². The highest BCUT2D eigenvalue weighted by Crippen LogP contribution is 2.09. The molecule has 0 fully saturated rings. The molecule has 0 N–H and O–H groups in total. The fraction of sp³-hybridized carbons (Fsp3) is 0.375. The Kier molecular flexibility index (Phi) is 6.58. The smallest absolute Gasteiger partial charge is 0.129 e. The van der Waals surface area contributed by atoms with Crippen LogP contribution in [0.5, 0.6) is 0 Å². The summed E-state index contributed by atoms with van der Waals surface area (Å²) in [5.41, 5.74) is 2.33. The minimum Gasteiger partial charge on any atom is -0.301 e. The zero-order valence-corrected chi connectivity index (χ0v) is 14.3. The highest BCUT2D eigenvalue weighted by atomic mass is 35.5. The summed E-state index contributed by atoms with van der Waals surface area (Å²) in [4.78, 5) is 12.7. The van der Waals surface area contributed by atoms with Gasteiger partial charge in [-0.1, -0.05) is 35.3 Å². The number of halogens is 2. The average Bonchev–Trinajstić information content (AvgIpc) is 2.50. The van der Waals surface area contributed by atoms with Crippen molar-refractivity contribution in [2.75, 3.05) is 27.2 Å². The molecule has 2 rings (SSSR count). The molecule has 0 unspecified atom stereocenters. The molecule has 0 atom stereocenters. The maximum atomic E-state index is 5.79. The molecule has 0 saturated carbocycles. The van der Waals surface area contributed by atoms with Crippen LogP contribution in [0.3, 0.4) is 0 Å². The van der Waals surface area contributed by atoms with E-state index in [-0.39, 0.29) is 0 Å². The van der Waals surface area contributed by atoms with E-state index in [0.717, 1.165) is 37.3 Å². The molecule has 2 aromatic heterocycles. The lowest BCUT2D eigenvalue weighted by Crippen LogP contribution is -2.30. The molecule has 0 aromatic carbocycles. The summed E-state index contributed by atoms with van der Waals surface area (Å²) in [5, 5.41) is 1.06. The minimum atomic E-state index is 0.530. The van der Waals surface area contributed by atoms with Crippen LogP contribution < -0.4 is 0 Å². The second kappa shape index (κ2) is 8.44. The van der Waals surface area contributed by atoms with Crippen molar-refractivity contribution in [2.45, 2.75) is 13.1 Å². The van der Waals surface area contributed by atoms with Crippen LogP contribution in [0.4, 0.5) is 0 Å². The molecule has 22 heavy (non-hydrogen) atoms. The molecule has 118 valence electrons. The summed E-state index contributed by atoms with van der Waals surface area (Å²) in [5.74, 6) is 0. The lowest BCUT2D eigenvalue weighted by atomic mass is 10.2. The lowest BCUT2D eigenvalue weighted by molar-refractivity contribution is 0.247. The Balaban J connectivity index is 1.74. The summed E-state index contributed by atoms with van der Waals surface area (Å²) >= 11 is 11.6. The van der Waals surface area contributed by atoms with E-state index in [9.17, 15) is 0 Å². The maximum absolute atomic E-state index is 5.79. The number of aromatic nitrogens is 2. The first kappa shape index (κ1) is 17.2. The Morgan fingerprint density at radius 3 is 1.50 bits per heavy atom. The first-order valence-corrected chi connectivity index (χ1v) is 7.86. The van der Waals surface area contributed by atoms with Crippen LogP contribution in [0.25, 0.3) is 0 Å². The van der Waals surface area contributed by atoms with Gasteiger partial charge in [-0.25, -0.2) is 9.97 Å². The summed E-state index contributed by atoms with van der Waals surface area (Å²) in [7, 11) is 4.21. The fourth-order valence-electron chi connectivity index (χ4n) is 2.12. The Morgan fingerprint density at radius 2 is 1.18 bits per heavy atom. The summed E-state index contributed by atoms with van der Waals surface area (Å²) in [6.45, 7) is 3.67. The molecule has 0 aliphatic rings.